The van der Waals surface area contributed by atoms with Crippen LogP contribution in [0, 0.1) is 0 Å². The molecule has 0 saturated heterocycles. The molecule has 1 aromatic carbocycles. The molecule has 0 N–H and O–H groups in total. The minimum Gasteiger partial charge on any atom is -0.302 e. The zero-order valence-corrected chi connectivity index (χ0v) is 13.6. The third kappa shape index (κ3) is 2.87. The molecule has 0 saturated carbocycles. The number of aryl methyl sites for hydroxylation is 1. The van der Waals surface area contributed by atoms with Crippen LogP contribution in [0.25, 0.3) is 5.65 Å². The van der Waals surface area contributed by atoms with Crippen LogP contribution in [-0.2, 0) is 13.6 Å². The van der Waals surface area contributed by atoms with Gasteiger partial charge in [-0.05, 0) is 24.3 Å². The van der Waals surface area contributed by atoms with Gasteiger partial charge in [-0.2, -0.15) is 0 Å². The van der Waals surface area contributed by atoms with E-state index in [1.807, 2.05) is 59.1 Å². The fourth-order valence-electron chi connectivity index (χ4n) is 2.74. The number of anilines is 1. The number of para-hydroxylation sites is 1. The molecule has 1 amide bonds. The topological polar surface area (TPSA) is 68.3 Å². The summed E-state index contributed by atoms with van der Waals surface area (Å²) in [4.78, 5) is 19.1. The number of fused-ring (bicyclic) bond motifs is 1. The van der Waals surface area contributed by atoms with Gasteiger partial charge < -0.3 is 9.30 Å². The molecule has 3 aromatic heterocycles. The van der Waals surface area contributed by atoms with Crippen LogP contribution in [0.2, 0.25) is 0 Å². The molecule has 3 heterocycles. The molecule has 0 spiro atoms. The van der Waals surface area contributed by atoms with E-state index in [1.165, 1.54) is 4.68 Å². The largest absolute Gasteiger partial charge is 0.302 e. The van der Waals surface area contributed by atoms with Crippen LogP contribution in [0.15, 0.2) is 67.1 Å². The van der Waals surface area contributed by atoms with Crippen LogP contribution in [0.4, 0.5) is 5.69 Å². The molecular formula is C18H16N6O. The van der Waals surface area contributed by atoms with E-state index in [4.69, 9.17) is 0 Å². The summed E-state index contributed by atoms with van der Waals surface area (Å²) in [5.41, 5.74) is 2.86. The van der Waals surface area contributed by atoms with Crippen molar-refractivity contribution in [2.75, 3.05) is 4.90 Å². The molecule has 0 radical (unpaired) electrons. The van der Waals surface area contributed by atoms with E-state index < -0.39 is 0 Å². The summed E-state index contributed by atoms with van der Waals surface area (Å²) in [6.07, 6.45) is 5.34. The van der Waals surface area contributed by atoms with Gasteiger partial charge in [0.2, 0.25) is 0 Å². The number of hydrogen-bond acceptors (Lipinski definition) is 4. The first-order chi connectivity index (χ1) is 12.2. The van der Waals surface area contributed by atoms with E-state index in [-0.39, 0.29) is 5.91 Å². The number of rotatable bonds is 4. The van der Waals surface area contributed by atoms with Crippen molar-refractivity contribution in [1.82, 2.24) is 24.4 Å². The number of hydrogen-bond donors (Lipinski definition) is 0. The van der Waals surface area contributed by atoms with Gasteiger partial charge >= 0.3 is 0 Å². The van der Waals surface area contributed by atoms with Gasteiger partial charge in [0.05, 0.1) is 24.6 Å². The summed E-state index contributed by atoms with van der Waals surface area (Å²) in [7, 11) is 1.74. The normalized spacial score (nSPS) is 10.9. The lowest BCUT2D eigenvalue weighted by Gasteiger charge is -2.21. The lowest BCUT2D eigenvalue weighted by atomic mass is 10.2. The van der Waals surface area contributed by atoms with Gasteiger partial charge in [-0.3, -0.25) is 9.48 Å². The molecule has 0 atom stereocenters. The number of nitrogens with zero attached hydrogens (tertiary/aromatic N) is 6. The molecule has 4 aromatic rings. The minimum absolute atomic E-state index is 0.204. The van der Waals surface area contributed by atoms with Crippen LogP contribution in [0.1, 0.15) is 16.2 Å². The average Bonchev–Trinajstić information content (AvgIpc) is 3.26. The van der Waals surface area contributed by atoms with Crippen LogP contribution in [-0.4, -0.2) is 30.3 Å². The van der Waals surface area contributed by atoms with Crippen molar-refractivity contribution in [2.45, 2.75) is 6.54 Å². The van der Waals surface area contributed by atoms with Gasteiger partial charge in [-0.15, -0.1) is 5.10 Å². The van der Waals surface area contributed by atoms with Gasteiger partial charge in [-0.25, -0.2) is 4.98 Å². The second-order valence-corrected chi connectivity index (χ2v) is 5.68. The summed E-state index contributed by atoms with van der Waals surface area (Å²) < 4.78 is 3.49. The maximum atomic E-state index is 13.0. The van der Waals surface area contributed by atoms with Crippen LogP contribution in [0.5, 0.6) is 0 Å². The second-order valence-electron chi connectivity index (χ2n) is 5.68. The summed E-state index contributed by atoms with van der Waals surface area (Å²) in [5, 5.41) is 7.82. The van der Waals surface area contributed by atoms with Crippen molar-refractivity contribution in [3.63, 3.8) is 0 Å². The van der Waals surface area contributed by atoms with E-state index in [0.29, 0.717) is 12.2 Å². The smallest absolute Gasteiger partial charge is 0.280 e. The van der Waals surface area contributed by atoms with E-state index in [9.17, 15) is 4.79 Å². The van der Waals surface area contributed by atoms with E-state index >= 15 is 0 Å². The van der Waals surface area contributed by atoms with Gasteiger partial charge in [0, 0.05) is 18.9 Å². The minimum atomic E-state index is -0.204. The molecule has 4 rings (SSSR count). The van der Waals surface area contributed by atoms with Crippen molar-refractivity contribution >= 4 is 17.2 Å². The molecule has 0 unspecified atom stereocenters. The summed E-state index contributed by atoms with van der Waals surface area (Å²) in [6.45, 7) is 0.380. The molecule has 0 bridgehead atoms. The Morgan fingerprint density at radius 2 is 1.92 bits per heavy atom. The van der Waals surface area contributed by atoms with E-state index in [2.05, 4.69) is 15.3 Å². The lowest BCUT2D eigenvalue weighted by Crippen LogP contribution is -2.31. The molecular weight excluding hydrogens is 316 g/mol. The monoisotopic (exact) mass is 332 g/mol. The molecule has 0 aliphatic heterocycles. The molecule has 0 aliphatic carbocycles. The quantitative estimate of drug-likeness (QED) is 0.575. The predicted octanol–water partition coefficient (Wildman–Crippen LogP) is 2.31. The van der Waals surface area contributed by atoms with Gasteiger partial charge in [0.15, 0.2) is 5.69 Å². The third-order valence-corrected chi connectivity index (χ3v) is 3.95. The summed E-state index contributed by atoms with van der Waals surface area (Å²) in [6, 6.07) is 15.3. The Kier molecular flexibility index (Phi) is 3.74. The fraction of sp³-hybridized carbons (Fsp3) is 0.111. The van der Waals surface area contributed by atoms with Gasteiger partial charge in [0.1, 0.15) is 5.65 Å². The summed E-state index contributed by atoms with van der Waals surface area (Å²) >= 11 is 0. The highest BCUT2D eigenvalue weighted by Crippen LogP contribution is 2.20. The first-order valence-electron chi connectivity index (χ1n) is 7.86. The van der Waals surface area contributed by atoms with E-state index in [1.54, 1.807) is 24.3 Å². The predicted molar refractivity (Wildman–Crippen MR) is 93.2 cm³/mol. The molecule has 124 valence electrons. The lowest BCUT2D eigenvalue weighted by molar-refractivity contribution is 0.0980. The Bertz CT molecular complexity index is 1020. The Balaban J connectivity index is 1.74. The number of aromatic nitrogens is 5. The summed E-state index contributed by atoms with van der Waals surface area (Å²) in [5.74, 6) is -0.204. The van der Waals surface area contributed by atoms with Crippen LogP contribution >= 0.6 is 0 Å². The van der Waals surface area contributed by atoms with Crippen LogP contribution < -0.4 is 4.90 Å². The number of amides is 1. The van der Waals surface area contributed by atoms with Crippen molar-refractivity contribution in [2.24, 2.45) is 7.05 Å². The Morgan fingerprint density at radius 1 is 1.12 bits per heavy atom. The van der Waals surface area contributed by atoms with Crippen molar-refractivity contribution < 1.29 is 4.79 Å². The number of imidazole rings is 1. The van der Waals surface area contributed by atoms with E-state index in [0.717, 1.165) is 17.0 Å². The maximum Gasteiger partial charge on any atom is 0.280 e. The number of benzene rings is 1. The van der Waals surface area contributed by atoms with Gasteiger partial charge in [-0.1, -0.05) is 29.5 Å². The molecule has 7 nitrogen and oxygen atoms in total. The highest BCUT2D eigenvalue weighted by molar-refractivity contribution is 6.04. The molecule has 25 heavy (non-hydrogen) atoms. The van der Waals surface area contributed by atoms with Crippen molar-refractivity contribution in [3.05, 3.63) is 78.5 Å². The number of pyridine rings is 1. The van der Waals surface area contributed by atoms with Gasteiger partial charge in [0.25, 0.3) is 5.91 Å². The first-order valence-corrected chi connectivity index (χ1v) is 7.86. The average molecular weight is 332 g/mol. The Hall–Kier alpha value is -3.48. The number of carbonyl (C=O) groups is 1. The Labute approximate surface area is 144 Å². The van der Waals surface area contributed by atoms with Crippen molar-refractivity contribution in [3.8, 4) is 0 Å². The first kappa shape index (κ1) is 15.1. The highest BCUT2D eigenvalue weighted by Gasteiger charge is 2.22. The standard InChI is InChI=1S/C18H16N6O/c1-22-13-16(20-21-22)18(25)24(14-7-3-2-4-8-14)12-15-11-19-17-9-5-6-10-23(15)17/h2-11,13H,12H2,1H3. The zero-order valence-electron chi connectivity index (χ0n) is 13.6. The zero-order chi connectivity index (χ0) is 17.2. The highest BCUT2D eigenvalue weighted by atomic mass is 16.2. The SMILES string of the molecule is Cn1cc(C(=O)N(Cc2cnc3ccccn23)c2ccccc2)nn1. The Morgan fingerprint density at radius 3 is 2.68 bits per heavy atom. The number of carbonyl (C=O) groups excluding carboxylic acids is 1. The molecule has 0 fully saturated rings. The fourth-order valence-corrected chi connectivity index (χ4v) is 2.74. The third-order valence-electron chi connectivity index (χ3n) is 3.95. The molecule has 7 heteroatoms. The van der Waals surface area contributed by atoms with Crippen LogP contribution in [0.3, 0.4) is 0 Å². The maximum absolute atomic E-state index is 13.0. The van der Waals surface area contributed by atoms with Crippen molar-refractivity contribution in [1.29, 1.82) is 0 Å². The second kappa shape index (κ2) is 6.20. The molecule has 0 aliphatic rings.